The molecule has 0 spiro atoms. The van der Waals surface area contributed by atoms with E-state index in [1.807, 2.05) is 19.9 Å². The summed E-state index contributed by atoms with van der Waals surface area (Å²) in [5, 5.41) is 8.52. The van der Waals surface area contributed by atoms with Gasteiger partial charge in [-0.1, -0.05) is 26.0 Å². The minimum atomic E-state index is -0.573. The number of hydrogen-bond donors (Lipinski definition) is 0. The molecular weight excluding hydrogens is 324 g/mol. The second-order valence-corrected chi connectivity index (χ2v) is 5.87. The Morgan fingerprint density at radius 1 is 1.20 bits per heavy atom. The minimum Gasteiger partial charge on any atom is -0.479 e. The number of rotatable bonds is 8. The third-order valence-corrected chi connectivity index (χ3v) is 3.44. The summed E-state index contributed by atoms with van der Waals surface area (Å²) in [5.41, 5.74) is 0.801. The van der Waals surface area contributed by atoms with E-state index in [-0.39, 0.29) is 25.7 Å². The zero-order valence-corrected chi connectivity index (χ0v) is 15.0. The number of amides is 1. The van der Waals surface area contributed by atoms with E-state index in [0.717, 1.165) is 5.56 Å². The molecule has 1 atom stereocenters. The summed E-state index contributed by atoms with van der Waals surface area (Å²) in [6.45, 7) is 5.68. The van der Waals surface area contributed by atoms with E-state index in [4.69, 9.17) is 14.7 Å². The van der Waals surface area contributed by atoms with Crippen molar-refractivity contribution >= 4 is 12.1 Å². The molecule has 0 N–H and O–H groups in total. The normalized spacial score (nSPS) is 11.4. The summed E-state index contributed by atoms with van der Waals surface area (Å²) in [7, 11) is 1.27. The van der Waals surface area contributed by atoms with Crippen molar-refractivity contribution in [1.29, 1.82) is 5.26 Å². The van der Waals surface area contributed by atoms with Crippen molar-refractivity contribution in [2.45, 2.75) is 26.8 Å². The van der Waals surface area contributed by atoms with E-state index in [2.05, 4.69) is 4.74 Å². The first-order chi connectivity index (χ1) is 11.9. The van der Waals surface area contributed by atoms with Crippen LogP contribution in [0, 0.1) is 17.2 Å². The molecule has 0 aliphatic rings. The molecule has 0 bridgehead atoms. The maximum Gasteiger partial charge on any atom is 0.410 e. The SMILES string of the molecule is COC(=O)CN(C(=O)OCC(C)C)[C@H](C)c1ccc(OCC#N)cc1. The highest BCUT2D eigenvalue weighted by Crippen LogP contribution is 2.23. The fourth-order valence-electron chi connectivity index (χ4n) is 2.02. The number of carbonyl (C=O) groups excluding carboxylic acids is 2. The van der Waals surface area contributed by atoms with Gasteiger partial charge in [0, 0.05) is 0 Å². The number of nitrogens with zero attached hydrogens (tertiary/aromatic N) is 2. The van der Waals surface area contributed by atoms with Gasteiger partial charge >= 0.3 is 12.1 Å². The molecule has 0 saturated heterocycles. The number of hydrogen-bond acceptors (Lipinski definition) is 6. The largest absolute Gasteiger partial charge is 0.479 e. The summed E-state index contributed by atoms with van der Waals surface area (Å²) >= 11 is 0. The highest BCUT2D eigenvalue weighted by molar-refractivity contribution is 5.78. The highest BCUT2D eigenvalue weighted by atomic mass is 16.6. The smallest absolute Gasteiger partial charge is 0.410 e. The molecule has 0 unspecified atom stereocenters. The molecule has 7 heteroatoms. The van der Waals surface area contributed by atoms with E-state index in [1.54, 1.807) is 31.2 Å². The molecule has 1 amide bonds. The zero-order valence-electron chi connectivity index (χ0n) is 15.0. The van der Waals surface area contributed by atoms with Crippen molar-refractivity contribution < 1.29 is 23.8 Å². The summed E-state index contributed by atoms with van der Waals surface area (Å²) in [5.74, 6) is 0.220. The highest BCUT2D eigenvalue weighted by Gasteiger charge is 2.26. The molecule has 0 aromatic heterocycles. The summed E-state index contributed by atoms with van der Waals surface area (Å²) in [6, 6.07) is 8.46. The molecular formula is C18H24N2O5. The number of methoxy groups -OCH3 is 1. The van der Waals surface area contributed by atoms with E-state index in [1.165, 1.54) is 12.0 Å². The van der Waals surface area contributed by atoms with Crippen molar-refractivity contribution in [1.82, 2.24) is 4.90 Å². The Bertz CT molecular complexity index is 607. The quantitative estimate of drug-likeness (QED) is 0.671. The first kappa shape index (κ1) is 20.3. The fraction of sp³-hybridized carbons (Fsp3) is 0.500. The Morgan fingerprint density at radius 3 is 2.36 bits per heavy atom. The van der Waals surface area contributed by atoms with Crippen LogP contribution < -0.4 is 4.74 Å². The molecule has 1 aromatic carbocycles. The second-order valence-electron chi connectivity index (χ2n) is 5.87. The fourth-order valence-corrected chi connectivity index (χ4v) is 2.02. The van der Waals surface area contributed by atoms with Gasteiger partial charge in [-0.3, -0.25) is 9.69 Å². The summed E-state index contributed by atoms with van der Waals surface area (Å²) in [4.78, 5) is 25.3. The Hall–Kier alpha value is -2.75. The lowest BCUT2D eigenvalue weighted by atomic mass is 10.1. The van der Waals surface area contributed by atoms with Crippen molar-refractivity contribution in [2.75, 3.05) is 26.9 Å². The Morgan fingerprint density at radius 2 is 1.84 bits per heavy atom. The second kappa shape index (κ2) is 10.2. The third-order valence-electron chi connectivity index (χ3n) is 3.44. The minimum absolute atomic E-state index is 0.0368. The van der Waals surface area contributed by atoms with Crippen LogP contribution in [0.5, 0.6) is 5.75 Å². The summed E-state index contributed by atoms with van der Waals surface area (Å²) < 4.78 is 15.1. The maximum absolute atomic E-state index is 12.4. The number of esters is 1. The molecule has 1 rings (SSSR count). The van der Waals surface area contributed by atoms with Gasteiger partial charge in [0.25, 0.3) is 0 Å². The van der Waals surface area contributed by atoms with Crippen LogP contribution in [0.15, 0.2) is 24.3 Å². The van der Waals surface area contributed by atoms with Crippen LogP contribution in [-0.4, -0.2) is 43.8 Å². The molecule has 0 saturated carbocycles. The van der Waals surface area contributed by atoms with E-state index < -0.39 is 18.1 Å². The van der Waals surface area contributed by atoms with Gasteiger partial charge in [-0.05, 0) is 30.5 Å². The van der Waals surface area contributed by atoms with Gasteiger partial charge in [0.15, 0.2) is 6.61 Å². The summed E-state index contributed by atoms with van der Waals surface area (Å²) in [6.07, 6.45) is -0.573. The van der Waals surface area contributed by atoms with Crippen LogP contribution in [0.1, 0.15) is 32.4 Å². The Balaban J connectivity index is 2.90. The number of ether oxygens (including phenoxy) is 3. The molecule has 136 valence electrons. The van der Waals surface area contributed by atoms with Crippen LogP contribution in [0.2, 0.25) is 0 Å². The first-order valence-electron chi connectivity index (χ1n) is 7.99. The molecule has 0 aliphatic carbocycles. The van der Waals surface area contributed by atoms with E-state index in [9.17, 15) is 9.59 Å². The van der Waals surface area contributed by atoms with Crippen LogP contribution in [0.3, 0.4) is 0 Å². The first-order valence-corrected chi connectivity index (χ1v) is 7.99. The van der Waals surface area contributed by atoms with Crippen LogP contribution >= 0.6 is 0 Å². The number of carbonyl (C=O) groups is 2. The average molecular weight is 348 g/mol. The third kappa shape index (κ3) is 6.71. The lowest BCUT2D eigenvalue weighted by Gasteiger charge is -2.28. The molecule has 1 aromatic rings. The van der Waals surface area contributed by atoms with Gasteiger partial charge in [0.05, 0.1) is 19.8 Å². The van der Waals surface area contributed by atoms with Gasteiger partial charge in [0.1, 0.15) is 18.4 Å². The molecule has 7 nitrogen and oxygen atoms in total. The van der Waals surface area contributed by atoms with Gasteiger partial charge in [0.2, 0.25) is 0 Å². The van der Waals surface area contributed by atoms with E-state index >= 15 is 0 Å². The van der Waals surface area contributed by atoms with Crippen molar-refractivity contribution in [2.24, 2.45) is 5.92 Å². The zero-order chi connectivity index (χ0) is 18.8. The van der Waals surface area contributed by atoms with E-state index in [0.29, 0.717) is 5.75 Å². The predicted octanol–water partition coefficient (Wildman–Crippen LogP) is 2.92. The van der Waals surface area contributed by atoms with Gasteiger partial charge in [-0.25, -0.2) is 4.79 Å². The lowest BCUT2D eigenvalue weighted by molar-refractivity contribution is -0.142. The van der Waals surface area contributed by atoms with Crippen molar-refractivity contribution in [3.8, 4) is 11.8 Å². The number of nitriles is 1. The molecule has 0 fully saturated rings. The Labute approximate surface area is 148 Å². The van der Waals surface area contributed by atoms with Gasteiger partial charge < -0.3 is 14.2 Å². The average Bonchev–Trinajstić information content (AvgIpc) is 2.62. The van der Waals surface area contributed by atoms with Crippen molar-refractivity contribution in [3.63, 3.8) is 0 Å². The topological polar surface area (TPSA) is 88.9 Å². The maximum atomic E-state index is 12.4. The lowest BCUT2D eigenvalue weighted by Crippen LogP contribution is -2.39. The number of benzene rings is 1. The molecule has 25 heavy (non-hydrogen) atoms. The molecule has 0 heterocycles. The van der Waals surface area contributed by atoms with Crippen LogP contribution in [-0.2, 0) is 14.3 Å². The van der Waals surface area contributed by atoms with Crippen LogP contribution in [0.4, 0.5) is 4.79 Å². The van der Waals surface area contributed by atoms with Crippen LogP contribution in [0.25, 0.3) is 0 Å². The predicted molar refractivity (Wildman–Crippen MR) is 90.9 cm³/mol. The van der Waals surface area contributed by atoms with Gasteiger partial charge in [-0.15, -0.1) is 0 Å². The Kier molecular flexibility index (Phi) is 8.27. The van der Waals surface area contributed by atoms with Gasteiger partial charge in [-0.2, -0.15) is 5.26 Å². The molecule has 0 radical (unpaired) electrons. The monoisotopic (exact) mass is 348 g/mol. The standard InChI is InChI=1S/C18H24N2O5/c1-13(2)12-25-18(22)20(11-17(21)23-4)14(3)15-5-7-16(8-6-15)24-10-9-19/h5-8,13-14H,10-12H2,1-4H3/t14-/m1/s1. The van der Waals surface area contributed by atoms with Crippen molar-refractivity contribution in [3.05, 3.63) is 29.8 Å². The molecule has 0 aliphatic heterocycles.